The number of amides is 1. The largest absolute Gasteiger partial charge is 0.493 e. The van der Waals surface area contributed by atoms with Crippen LogP contribution in [0.25, 0.3) is 11.0 Å². The van der Waals surface area contributed by atoms with Gasteiger partial charge in [-0.05, 0) is 55.8 Å². The summed E-state index contributed by atoms with van der Waals surface area (Å²) in [4.78, 5) is 17.5. The van der Waals surface area contributed by atoms with Gasteiger partial charge in [-0.1, -0.05) is 29.8 Å². The molecule has 1 amide bonds. The summed E-state index contributed by atoms with van der Waals surface area (Å²) in [5, 5.41) is 2.97. The summed E-state index contributed by atoms with van der Waals surface area (Å²) in [6.45, 7) is 5.49. The van der Waals surface area contributed by atoms with Gasteiger partial charge in [-0.2, -0.15) is 0 Å². The average Bonchev–Trinajstić information content (AvgIpc) is 3.20. The number of methoxy groups -OCH3 is 2. The standard InChI is InChI=1S/C27H29N3O4/c1-18-9-11-23(19(2)15-18)34-14-13-30-22-8-6-5-7-21(22)29-26(30)17-28-27(31)20-10-12-24(32-3)25(16-20)33-4/h5-12,15-16H,13-14,17H2,1-4H3,(H,28,31). The van der Waals surface area contributed by atoms with E-state index >= 15 is 0 Å². The first-order chi connectivity index (χ1) is 16.5. The Hall–Kier alpha value is -4.00. The molecule has 0 aliphatic carbocycles. The van der Waals surface area contributed by atoms with Crippen molar-refractivity contribution in [1.29, 1.82) is 0 Å². The van der Waals surface area contributed by atoms with Gasteiger partial charge in [0.2, 0.25) is 0 Å². The summed E-state index contributed by atoms with van der Waals surface area (Å²) >= 11 is 0. The highest BCUT2D eigenvalue weighted by atomic mass is 16.5. The van der Waals surface area contributed by atoms with Crippen LogP contribution in [0.5, 0.6) is 17.2 Å². The van der Waals surface area contributed by atoms with Crippen LogP contribution in [-0.4, -0.2) is 36.3 Å². The van der Waals surface area contributed by atoms with E-state index in [1.54, 1.807) is 32.4 Å². The fourth-order valence-corrected chi connectivity index (χ4v) is 3.96. The number of aryl methyl sites for hydroxylation is 2. The van der Waals surface area contributed by atoms with Gasteiger partial charge in [-0.15, -0.1) is 0 Å². The zero-order chi connectivity index (χ0) is 24.1. The van der Waals surface area contributed by atoms with E-state index < -0.39 is 0 Å². The van der Waals surface area contributed by atoms with Crippen molar-refractivity contribution in [2.24, 2.45) is 0 Å². The Morgan fingerprint density at radius 3 is 2.47 bits per heavy atom. The van der Waals surface area contributed by atoms with Gasteiger partial charge >= 0.3 is 0 Å². The second kappa shape index (κ2) is 10.3. The maximum atomic E-state index is 12.8. The number of rotatable bonds is 9. The van der Waals surface area contributed by atoms with Crippen LogP contribution in [-0.2, 0) is 13.1 Å². The molecule has 0 atom stereocenters. The van der Waals surface area contributed by atoms with E-state index in [-0.39, 0.29) is 12.5 Å². The van der Waals surface area contributed by atoms with Gasteiger partial charge < -0.3 is 24.1 Å². The van der Waals surface area contributed by atoms with E-state index in [1.807, 2.05) is 43.3 Å². The lowest BCUT2D eigenvalue weighted by Gasteiger charge is -2.13. The molecule has 7 nitrogen and oxygen atoms in total. The van der Waals surface area contributed by atoms with Crippen molar-refractivity contribution >= 4 is 16.9 Å². The van der Waals surface area contributed by atoms with Gasteiger partial charge in [0, 0.05) is 5.56 Å². The minimum atomic E-state index is -0.217. The molecule has 1 heterocycles. The zero-order valence-electron chi connectivity index (χ0n) is 19.9. The predicted octanol–water partition coefficient (Wildman–Crippen LogP) is 4.68. The molecule has 0 aliphatic heterocycles. The van der Waals surface area contributed by atoms with Gasteiger partial charge in [0.15, 0.2) is 11.5 Å². The predicted molar refractivity (Wildman–Crippen MR) is 132 cm³/mol. The third kappa shape index (κ3) is 4.98. The average molecular weight is 460 g/mol. The SMILES string of the molecule is COc1ccc(C(=O)NCc2nc3ccccc3n2CCOc2ccc(C)cc2C)cc1OC. The summed E-state index contributed by atoms with van der Waals surface area (Å²) in [5.41, 5.74) is 4.68. The number of carbonyl (C=O) groups excluding carboxylic acids is 1. The van der Waals surface area contributed by atoms with Crippen molar-refractivity contribution in [3.05, 3.63) is 83.2 Å². The summed E-state index contributed by atoms with van der Waals surface area (Å²) in [6, 6.07) is 19.2. The fourth-order valence-electron chi connectivity index (χ4n) is 3.96. The van der Waals surface area contributed by atoms with Crippen LogP contribution in [0.15, 0.2) is 60.7 Å². The van der Waals surface area contributed by atoms with E-state index in [0.29, 0.717) is 30.2 Å². The van der Waals surface area contributed by atoms with Crippen LogP contribution < -0.4 is 19.5 Å². The molecule has 3 aromatic carbocycles. The van der Waals surface area contributed by atoms with E-state index in [9.17, 15) is 4.79 Å². The third-order valence-electron chi connectivity index (χ3n) is 5.69. The maximum absolute atomic E-state index is 12.8. The smallest absolute Gasteiger partial charge is 0.251 e. The molecule has 1 aromatic heterocycles. The van der Waals surface area contributed by atoms with E-state index in [1.165, 1.54) is 5.56 Å². The van der Waals surface area contributed by atoms with Crippen molar-refractivity contribution in [1.82, 2.24) is 14.9 Å². The number of hydrogen-bond donors (Lipinski definition) is 1. The summed E-state index contributed by atoms with van der Waals surface area (Å²) in [7, 11) is 3.11. The lowest BCUT2D eigenvalue weighted by Crippen LogP contribution is -2.25. The van der Waals surface area contributed by atoms with E-state index in [2.05, 4.69) is 22.9 Å². The molecule has 4 aromatic rings. The zero-order valence-corrected chi connectivity index (χ0v) is 19.9. The third-order valence-corrected chi connectivity index (χ3v) is 5.69. The number of ether oxygens (including phenoxy) is 3. The Labute approximate surface area is 199 Å². The summed E-state index contributed by atoms with van der Waals surface area (Å²) in [5.74, 6) is 2.50. The maximum Gasteiger partial charge on any atom is 0.251 e. The summed E-state index contributed by atoms with van der Waals surface area (Å²) in [6.07, 6.45) is 0. The number of nitrogens with zero attached hydrogens (tertiary/aromatic N) is 2. The lowest BCUT2D eigenvalue weighted by atomic mass is 10.1. The molecule has 0 bridgehead atoms. The molecule has 0 spiro atoms. The van der Waals surface area contributed by atoms with Crippen molar-refractivity contribution in [2.75, 3.05) is 20.8 Å². The number of carbonyl (C=O) groups is 1. The Bertz CT molecular complexity index is 1310. The highest BCUT2D eigenvalue weighted by molar-refractivity contribution is 5.94. The second-order valence-corrected chi connectivity index (χ2v) is 8.04. The number of nitrogens with one attached hydrogen (secondary N) is 1. The number of fused-ring (bicyclic) bond motifs is 1. The molecule has 7 heteroatoms. The minimum Gasteiger partial charge on any atom is -0.493 e. The Kier molecular flexibility index (Phi) is 7.01. The van der Waals surface area contributed by atoms with Gasteiger partial charge in [0.25, 0.3) is 5.91 Å². The van der Waals surface area contributed by atoms with Gasteiger partial charge in [0.05, 0.1) is 38.3 Å². The van der Waals surface area contributed by atoms with E-state index in [4.69, 9.17) is 19.2 Å². The molecule has 34 heavy (non-hydrogen) atoms. The van der Waals surface area contributed by atoms with Gasteiger partial charge in [0.1, 0.15) is 18.2 Å². The Morgan fingerprint density at radius 2 is 1.71 bits per heavy atom. The monoisotopic (exact) mass is 459 g/mol. The molecule has 0 fully saturated rings. The first kappa shape index (κ1) is 23.2. The Balaban J connectivity index is 1.49. The topological polar surface area (TPSA) is 74.6 Å². The van der Waals surface area contributed by atoms with Crippen LogP contribution in [0.1, 0.15) is 27.3 Å². The van der Waals surface area contributed by atoms with Crippen LogP contribution in [0.4, 0.5) is 0 Å². The first-order valence-electron chi connectivity index (χ1n) is 11.1. The molecule has 0 aliphatic rings. The highest BCUT2D eigenvalue weighted by Gasteiger charge is 2.14. The minimum absolute atomic E-state index is 0.217. The molecule has 0 saturated heterocycles. The lowest BCUT2D eigenvalue weighted by molar-refractivity contribution is 0.0949. The molecule has 1 N–H and O–H groups in total. The molecule has 4 rings (SSSR count). The number of aromatic nitrogens is 2. The molecular weight excluding hydrogens is 430 g/mol. The molecular formula is C27H29N3O4. The van der Waals surface area contributed by atoms with Crippen LogP contribution in [0.3, 0.4) is 0 Å². The number of imidazole rings is 1. The highest BCUT2D eigenvalue weighted by Crippen LogP contribution is 2.27. The Morgan fingerprint density at radius 1 is 0.941 bits per heavy atom. The van der Waals surface area contributed by atoms with Crippen molar-refractivity contribution in [3.63, 3.8) is 0 Å². The first-order valence-corrected chi connectivity index (χ1v) is 11.1. The molecule has 0 unspecified atom stereocenters. The van der Waals surface area contributed by atoms with Crippen LogP contribution >= 0.6 is 0 Å². The second-order valence-electron chi connectivity index (χ2n) is 8.04. The van der Waals surface area contributed by atoms with Crippen molar-refractivity contribution in [3.8, 4) is 17.2 Å². The fraction of sp³-hybridized carbons (Fsp3) is 0.259. The van der Waals surface area contributed by atoms with Crippen molar-refractivity contribution in [2.45, 2.75) is 26.9 Å². The normalized spacial score (nSPS) is 10.8. The van der Waals surface area contributed by atoms with Crippen LogP contribution in [0.2, 0.25) is 0 Å². The van der Waals surface area contributed by atoms with Gasteiger partial charge in [-0.3, -0.25) is 4.79 Å². The van der Waals surface area contributed by atoms with Crippen LogP contribution in [0, 0.1) is 13.8 Å². The number of para-hydroxylation sites is 2. The van der Waals surface area contributed by atoms with E-state index in [0.717, 1.165) is 28.2 Å². The van der Waals surface area contributed by atoms with Gasteiger partial charge in [-0.25, -0.2) is 4.98 Å². The molecule has 176 valence electrons. The summed E-state index contributed by atoms with van der Waals surface area (Å²) < 4.78 is 18.7. The number of hydrogen-bond acceptors (Lipinski definition) is 5. The van der Waals surface area contributed by atoms with Crippen molar-refractivity contribution < 1.29 is 19.0 Å². The number of benzene rings is 3. The molecule has 0 radical (unpaired) electrons. The quantitative estimate of drug-likeness (QED) is 0.393. The molecule has 0 saturated carbocycles.